The van der Waals surface area contributed by atoms with Gasteiger partial charge in [0.05, 0.1) is 25.3 Å². The number of nitrogens with two attached hydrogens (primary N) is 1. The molecule has 2 N–H and O–H groups in total. The molecule has 1 rings (SSSR count). The number of rotatable bonds is 10. The van der Waals surface area contributed by atoms with Crippen molar-refractivity contribution in [2.45, 2.75) is 20.3 Å². The van der Waals surface area contributed by atoms with Crippen molar-refractivity contribution in [3.63, 3.8) is 0 Å². The maximum atomic E-state index is 12.2. The predicted octanol–water partition coefficient (Wildman–Crippen LogP) is 1.17. The molecule has 0 fully saturated rings. The highest BCUT2D eigenvalue weighted by atomic mass is 32.1. The molecule has 0 aliphatic rings. The van der Waals surface area contributed by atoms with Crippen molar-refractivity contribution in [2.75, 3.05) is 45.3 Å². The number of thiazole rings is 1. The number of ether oxygens (including phenoxy) is 2. The maximum Gasteiger partial charge on any atom is 0.228 e. The van der Waals surface area contributed by atoms with Crippen molar-refractivity contribution >= 4 is 22.4 Å². The summed E-state index contributed by atoms with van der Waals surface area (Å²) >= 11 is 1.35. The number of nitrogen functional groups attached to an aromatic ring is 1. The molecule has 1 aromatic heterocycles. The van der Waals surface area contributed by atoms with Crippen LogP contribution in [0.2, 0.25) is 0 Å². The smallest absolute Gasteiger partial charge is 0.228 e. The van der Waals surface area contributed by atoms with Gasteiger partial charge in [0.15, 0.2) is 5.13 Å². The van der Waals surface area contributed by atoms with Gasteiger partial charge in [-0.15, -0.1) is 11.3 Å². The zero-order valence-corrected chi connectivity index (χ0v) is 12.9. The van der Waals surface area contributed by atoms with Crippen LogP contribution in [0.15, 0.2) is 5.38 Å². The Kier molecular flexibility index (Phi) is 8.17. The molecule has 0 radical (unpaired) electrons. The zero-order valence-electron chi connectivity index (χ0n) is 12.1. The lowest BCUT2D eigenvalue weighted by atomic mass is 10.3. The first-order chi connectivity index (χ1) is 9.67. The van der Waals surface area contributed by atoms with Crippen molar-refractivity contribution in [3.8, 4) is 0 Å². The number of anilines is 1. The molecule has 6 nitrogen and oxygen atoms in total. The lowest BCUT2D eigenvalue weighted by molar-refractivity contribution is -0.132. The fourth-order valence-electron chi connectivity index (χ4n) is 1.67. The highest BCUT2D eigenvalue weighted by Gasteiger charge is 2.15. The fraction of sp³-hybridized carbons (Fsp3) is 0.692. The molecule has 1 aromatic rings. The van der Waals surface area contributed by atoms with Gasteiger partial charge >= 0.3 is 0 Å². The number of carbonyl (C=O) groups excluding carboxylic acids is 1. The van der Waals surface area contributed by atoms with Crippen LogP contribution in [0.5, 0.6) is 0 Å². The Hall–Kier alpha value is -1.18. The van der Waals surface area contributed by atoms with Crippen LogP contribution in [0.25, 0.3) is 0 Å². The van der Waals surface area contributed by atoms with Crippen LogP contribution in [-0.4, -0.2) is 55.3 Å². The SMILES string of the molecule is CCOCCN(CCOCC)C(=O)Cc1csc(N)n1. The van der Waals surface area contributed by atoms with E-state index in [4.69, 9.17) is 15.2 Å². The molecular weight excluding hydrogens is 278 g/mol. The van der Waals surface area contributed by atoms with Crippen LogP contribution in [0, 0.1) is 0 Å². The lowest BCUT2D eigenvalue weighted by Crippen LogP contribution is -2.37. The first-order valence-corrected chi connectivity index (χ1v) is 7.68. The standard InChI is InChI=1S/C13H23N3O3S/c1-3-18-7-5-16(6-8-19-4-2)12(17)9-11-10-20-13(14)15-11/h10H,3-9H2,1-2H3,(H2,14,15). The molecule has 0 bridgehead atoms. The summed E-state index contributed by atoms with van der Waals surface area (Å²) in [5.74, 6) is 0.0229. The first-order valence-electron chi connectivity index (χ1n) is 6.80. The van der Waals surface area contributed by atoms with Crippen molar-refractivity contribution < 1.29 is 14.3 Å². The largest absolute Gasteiger partial charge is 0.380 e. The van der Waals surface area contributed by atoms with Crippen molar-refractivity contribution in [1.29, 1.82) is 0 Å². The summed E-state index contributed by atoms with van der Waals surface area (Å²) in [4.78, 5) is 18.1. The number of aromatic nitrogens is 1. The van der Waals surface area contributed by atoms with Gasteiger partial charge in [0.2, 0.25) is 5.91 Å². The number of carbonyl (C=O) groups is 1. The molecule has 114 valence electrons. The Morgan fingerprint density at radius 3 is 2.35 bits per heavy atom. The highest BCUT2D eigenvalue weighted by Crippen LogP contribution is 2.12. The first kappa shape index (κ1) is 16.9. The Morgan fingerprint density at radius 1 is 1.30 bits per heavy atom. The average molecular weight is 301 g/mol. The fourth-order valence-corrected chi connectivity index (χ4v) is 2.23. The van der Waals surface area contributed by atoms with Crippen molar-refractivity contribution in [2.24, 2.45) is 0 Å². The molecule has 1 heterocycles. The Bertz CT molecular complexity index is 388. The number of nitrogens with zero attached hydrogens (tertiary/aromatic N) is 2. The molecule has 0 saturated carbocycles. The molecule has 1 amide bonds. The second-order valence-electron chi connectivity index (χ2n) is 4.13. The number of hydrogen-bond acceptors (Lipinski definition) is 6. The quantitative estimate of drug-likeness (QED) is 0.656. The van der Waals surface area contributed by atoms with E-state index < -0.39 is 0 Å². The molecule has 0 saturated heterocycles. The maximum absolute atomic E-state index is 12.2. The van der Waals surface area contributed by atoms with E-state index in [0.717, 1.165) is 5.69 Å². The van der Waals surface area contributed by atoms with Crippen LogP contribution < -0.4 is 5.73 Å². The molecule has 0 unspecified atom stereocenters. The molecule has 20 heavy (non-hydrogen) atoms. The van der Waals surface area contributed by atoms with Crippen LogP contribution in [0.4, 0.5) is 5.13 Å². The molecule has 0 aromatic carbocycles. The van der Waals surface area contributed by atoms with E-state index >= 15 is 0 Å². The summed E-state index contributed by atoms with van der Waals surface area (Å²) in [6.45, 7) is 7.38. The predicted molar refractivity (Wildman–Crippen MR) is 79.8 cm³/mol. The van der Waals surface area contributed by atoms with E-state index in [0.29, 0.717) is 44.6 Å². The minimum atomic E-state index is 0.0229. The summed E-state index contributed by atoms with van der Waals surface area (Å²) in [6.07, 6.45) is 0.270. The van der Waals surface area contributed by atoms with Gasteiger partial charge in [-0.25, -0.2) is 4.98 Å². The summed E-state index contributed by atoms with van der Waals surface area (Å²) in [5, 5.41) is 2.30. The monoisotopic (exact) mass is 301 g/mol. The van der Waals surface area contributed by atoms with Crippen LogP contribution in [0.1, 0.15) is 19.5 Å². The second-order valence-corrected chi connectivity index (χ2v) is 5.02. The van der Waals surface area contributed by atoms with E-state index in [1.54, 1.807) is 4.90 Å². The minimum absolute atomic E-state index is 0.0229. The van der Waals surface area contributed by atoms with Gasteiger partial charge in [-0.3, -0.25) is 4.79 Å². The van der Waals surface area contributed by atoms with Crippen LogP contribution in [0.3, 0.4) is 0 Å². The molecular formula is C13H23N3O3S. The van der Waals surface area contributed by atoms with Gasteiger partial charge in [0.1, 0.15) is 0 Å². The van der Waals surface area contributed by atoms with E-state index in [1.165, 1.54) is 11.3 Å². The Morgan fingerprint density at radius 2 is 1.90 bits per heavy atom. The van der Waals surface area contributed by atoms with E-state index in [2.05, 4.69) is 4.98 Å². The molecule has 0 aliphatic carbocycles. The average Bonchev–Trinajstić information content (AvgIpc) is 2.82. The molecule has 7 heteroatoms. The van der Waals surface area contributed by atoms with Gasteiger partial charge in [-0.1, -0.05) is 0 Å². The van der Waals surface area contributed by atoms with Gasteiger partial charge in [0.25, 0.3) is 0 Å². The van der Waals surface area contributed by atoms with Crippen LogP contribution >= 0.6 is 11.3 Å². The summed E-state index contributed by atoms with van der Waals surface area (Å²) < 4.78 is 10.6. The van der Waals surface area contributed by atoms with Gasteiger partial charge in [-0.2, -0.15) is 0 Å². The van der Waals surface area contributed by atoms with Crippen molar-refractivity contribution in [1.82, 2.24) is 9.88 Å². The van der Waals surface area contributed by atoms with Gasteiger partial charge < -0.3 is 20.1 Å². The minimum Gasteiger partial charge on any atom is -0.380 e. The Balaban J connectivity index is 2.48. The zero-order chi connectivity index (χ0) is 14.8. The van der Waals surface area contributed by atoms with E-state index in [9.17, 15) is 4.79 Å². The van der Waals surface area contributed by atoms with E-state index in [-0.39, 0.29) is 12.3 Å². The summed E-state index contributed by atoms with van der Waals surface area (Å²) in [6, 6.07) is 0. The third-order valence-electron chi connectivity index (χ3n) is 2.67. The highest BCUT2D eigenvalue weighted by molar-refractivity contribution is 7.13. The number of hydrogen-bond donors (Lipinski definition) is 1. The second kappa shape index (κ2) is 9.68. The summed E-state index contributed by atoms with van der Waals surface area (Å²) in [7, 11) is 0. The molecule has 0 spiro atoms. The number of amides is 1. The third-order valence-corrected chi connectivity index (χ3v) is 3.40. The third kappa shape index (κ3) is 6.31. The van der Waals surface area contributed by atoms with E-state index in [1.807, 2.05) is 19.2 Å². The Labute approximate surface area is 123 Å². The molecule has 0 atom stereocenters. The van der Waals surface area contributed by atoms with Gasteiger partial charge in [0, 0.05) is 31.7 Å². The van der Waals surface area contributed by atoms with Crippen molar-refractivity contribution in [3.05, 3.63) is 11.1 Å². The lowest BCUT2D eigenvalue weighted by Gasteiger charge is -2.22. The summed E-state index contributed by atoms with van der Waals surface area (Å²) in [5.41, 5.74) is 6.29. The van der Waals surface area contributed by atoms with Gasteiger partial charge in [-0.05, 0) is 13.8 Å². The van der Waals surface area contributed by atoms with Crippen LogP contribution in [-0.2, 0) is 20.7 Å². The normalized spacial score (nSPS) is 10.7. The molecule has 0 aliphatic heterocycles. The topological polar surface area (TPSA) is 77.7 Å².